The van der Waals surface area contributed by atoms with Gasteiger partial charge in [-0.05, 0) is 18.1 Å². The van der Waals surface area contributed by atoms with E-state index in [2.05, 4.69) is 34.4 Å². The summed E-state index contributed by atoms with van der Waals surface area (Å²) < 4.78 is 1.83. The summed E-state index contributed by atoms with van der Waals surface area (Å²) in [6, 6.07) is 10.3. The van der Waals surface area contributed by atoms with Gasteiger partial charge in [-0.25, -0.2) is 4.68 Å². The number of aromatic amines is 1. The minimum absolute atomic E-state index is 0.420. The Morgan fingerprint density at radius 3 is 3.00 bits per heavy atom. The zero-order valence-corrected chi connectivity index (χ0v) is 11.3. The number of nitrogens with one attached hydrogen (secondary N) is 1. The average Bonchev–Trinajstić information content (AvgIpc) is 3.05. The molecule has 0 aliphatic heterocycles. The quantitative estimate of drug-likeness (QED) is 0.788. The van der Waals surface area contributed by atoms with Crippen LogP contribution in [0.15, 0.2) is 30.5 Å². The van der Waals surface area contributed by atoms with E-state index in [1.54, 1.807) is 0 Å². The molecule has 0 saturated heterocycles. The first-order chi connectivity index (χ1) is 9.83. The highest BCUT2D eigenvalue weighted by molar-refractivity contribution is 5.83. The molecule has 1 aromatic carbocycles. The lowest BCUT2D eigenvalue weighted by molar-refractivity contribution is 0.560. The van der Waals surface area contributed by atoms with Crippen LogP contribution in [0.2, 0.25) is 0 Å². The van der Waals surface area contributed by atoms with Crippen LogP contribution in [-0.2, 0) is 13.0 Å². The van der Waals surface area contributed by atoms with E-state index in [0.29, 0.717) is 12.1 Å². The molecule has 1 N–H and O–H groups in total. The summed E-state index contributed by atoms with van der Waals surface area (Å²) >= 11 is 0. The van der Waals surface area contributed by atoms with E-state index in [4.69, 9.17) is 5.26 Å². The molecule has 0 amide bonds. The molecule has 5 nitrogen and oxygen atoms in total. The standard InChI is InChI=1S/C15H15N5/c1-2-7-20-15(14(9-16)18-19-20)8-11-10-17-13-6-4-3-5-12(11)13/h3-6,10,17H,2,7-8H2,1H3. The van der Waals surface area contributed by atoms with Gasteiger partial charge in [-0.15, -0.1) is 5.10 Å². The van der Waals surface area contributed by atoms with Crippen molar-refractivity contribution in [2.45, 2.75) is 26.3 Å². The monoisotopic (exact) mass is 265 g/mol. The summed E-state index contributed by atoms with van der Waals surface area (Å²) in [6.45, 7) is 2.87. The van der Waals surface area contributed by atoms with Crippen molar-refractivity contribution in [1.82, 2.24) is 20.0 Å². The lowest BCUT2D eigenvalue weighted by atomic mass is 10.1. The van der Waals surface area contributed by atoms with Gasteiger partial charge in [-0.3, -0.25) is 0 Å². The molecule has 2 heterocycles. The number of hydrogen-bond donors (Lipinski definition) is 1. The fraction of sp³-hybridized carbons (Fsp3) is 0.267. The summed E-state index contributed by atoms with van der Waals surface area (Å²) in [5, 5.41) is 18.4. The maximum absolute atomic E-state index is 9.17. The van der Waals surface area contributed by atoms with Gasteiger partial charge < -0.3 is 4.98 Å². The molecule has 0 bridgehead atoms. The molecule has 5 heteroatoms. The van der Waals surface area contributed by atoms with Crippen LogP contribution in [0, 0.1) is 11.3 Å². The van der Waals surface area contributed by atoms with Crippen LogP contribution in [-0.4, -0.2) is 20.0 Å². The van der Waals surface area contributed by atoms with Crippen molar-refractivity contribution < 1.29 is 0 Å². The van der Waals surface area contributed by atoms with E-state index < -0.39 is 0 Å². The van der Waals surface area contributed by atoms with Crippen molar-refractivity contribution in [2.24, 2.45) is 0 Å². The zero-order chi connectivity index (χ0) is 13.9. The van der Waals surface area contributed by atoms with E-state index >= 15 is 0 Å². The van der Waals surface area contributed by atoms with E-state index in [9.17, 15) is 0 Å². The molecule has 2 aromatic heterocycles. The smallest absolute Gasteiger partial charge is 0.186 e. The molecule has 0 fully saturated rings. The lowest BCUT2D eigenvalue weighted by Gasteiger charge is -2.04. The topological polar surface area (TPSA) is 70.3 Å². The number of para-hydroxylation sites is 1. The maximum atomic E-state index is 9.17. The Hall–Kier alpha value is -2.61. The molecule has 0 spiro atoms. The Morgan fingerprint density at radius 1 is 1.35 bits per heavy atom. The largest absolute Gasteiger partial charge is 0.361 e. The molecule has 3 aromatic rings. The SMILES string of the molecule is CCCn1nnc(C#N)c1Cc1c[nH]c2ccccc12. The number of nitrogens with zero attached hydrogens (tertiary/aromatic N) is 4. The van der Waals surface area contributed by atoms with Crippen molar-refractivity contribution in [2.75, 3.05) is 0 Å². The van der Waals surface area contributed by atoms with Gasteiger partial charge in [0.15, 0.2) is 5.69 Å². The number of fused-ring (bicyclic) bond motifs is 1. The summed E-state index contributed by atoms with van der Waals surface area (Å²) in [6.07, 6.45) is 3.63. The Bertz CT molecular complexity index is 775. The highest BCUT2D eigenvalue weighted by atomic mass is 15.4. The van der Waals surface area contributed by atoms with Crippen molar-refractivity contribution in [3.8, 4) is 6.07 Å². The van der Waals surface area contributed by atoms with Crippen LogP contribution in [0.5, 0.6) is 0 Å². The molecular weight excluding hydrogens is 250 g/mol. The van der Waals surface area contributed by atoms with Gasteiger partial charge in [0.25, 0.3) is 0 Å². The van der Waals surface area contributed by atoms with E-state index in [0.717, 1.165) is 29.7 Å². The fourth-order valence-electron chi connectivity index (χ4n) is 2.44. The minimum Gasteiger partial charge on any atom is -0.361 e. The molecular formula is C15H15N5. The van der Waals surface area contributed by atoms with Gasteiger partial charge in [0.1, 0.15) is 6.07 Å². The highest BCUT2D eigenvalue weighted by Gasteiger charge is 2.14. The van der Waals surface area contributed by atoms with Gasteiger partial charge in [-0.1, -0.05) is 30.3 Å². The van der Waals surface area contributed by atoms with Gasteiger partial charge in [0.2, 0.25) is 0 Å². The van der Waals surface area contributed by atoms with Crippen molar-refractivity contribution in [3.63, 3.8) is 0 Å². The number of hydrogen-bond acceptors (Lipinski definition) is 3. The van der Waals surface area contributed by atoms with Crippen molar-refractivity contribution >= 4 is 10.9 Å². The summed E-state index contributed by atoms with van der Waals surface area (Å²) in [4.78, 5) is 3.26. The molecule has 100 valence electrons. The third-order valence-electron chi connectivity index (χ3n) is 3.41. The van der Waals surface area contributed by atoms with Crippen LogP contribution in [0.3, 0.4) is 0 Å². The van der Waals surface area contributed by atoms with Gasteiger partial charge in [0, 0.05) is 30.1 Å². The predicted octanol–water partition coefficient (Wildman–Crippen LogP) is 2.63. The Morgan fingerprint density at radius 2 is 2.20 bits per heavy atom. The Kier molecular flexibility index (Phi) is 3.21. The second kappa shape index (κ2) is 5.17. The van der Waals surface area contributed by atoms with Gasteiger partial charge in [0.05, 0.1) is 5.69 Å². The summed E-state index contributed by atoms with van der Waals surface area (Å²) in [5.41, 5.74) is 3.58. The van der Waals surface area contributed by atoms with Crippen LogP contribution in [0.4, 0.5) is 0 Å². The Balaban J connectivity index is 2.02. The molecule has 0 aliphatic carbocycles. The normalized spacial score (nSPS) is 10.8. The fourth-order valence-corrected chi connectivity index (χ4v) is 2.44. The third-order valence-corrected chi connectivity index (χ3v) is 3.41. The Labute approximate surface area is 116 Å². The van der Waals surface area contributed by atoms with Crippen molar-refractivity contribution in [1.29, 1.82) is 5.26 Å². The minimum atomic E-state index is 0.420. The molecule has 3 rings (SSSR count). The van der Waals surface area contributed by atoms with Gasteiger partial charge in [-0.2, -0.15) is 5.26 Å². The number of aromatic nitrogens is 4. The zero-order valence-electron chi connectivity index (χ0n) is 11.3. The molecule has 0 aliphatic rings. The first-order valence-electron chi connectivity index (χ1n) is 6.71. The van der Waals surface area contributed by atoms with E-state index in [1.165, 1.54) is 5.39 Å². The predicted molar refractivity (Wildman–Crippen MR) is 76.1 cm³/mol. The highest BCUT2D eigenvalue weighted by Crippen LogP contribution is 2.21. The maximum Gasteiger partial charge on any atom is 0.186 e. The van der Waals surface area contributed by atoms with Crippen LogP contribution in [0.25, 0.3) is 10.9 Å². The lowest BCUT2D eigenvalue weighted by Crippen LogP contribution is -2.06. The van der Waals surface area contributed by atoms with Crippen LogP contribution >= 0.6 is 0 Å². The molecule has 0 saturated carbocycles. The first kappa shape index (κ1) is 12.4. The number of nitriles is 1. The molecule has 0 radical (unpaired) electrons. The molecule has 20 heavy (non-hydrogen) atoms. The first-order valence-corrected chi connectivity index (χ1v) is 6.71. The third kappa shape index (κ3) is 2.05. The van der Waals surface area contributed by atoms with Crippen LogP contribution in [0.1, 0.15) is 30.3 Å². The number of rotatable bonds is 4. The second-order valence-corrected chi connectivity index (χ2v) is 4.76. The summed E-state index contributed by atoms with van der Waals surface area (Å²) in [5.74, 6) is 0. The number of H-pyrrole nitrogens is 1. The van der Waals surface area contributed by atoms with E-state index in [-0.39, 0.29) is 0 Å². The average molecular weight is 265 g/mol. The van der Waals surface area contributed by atoms with E-state index in [1.807, 2.05) is 29.1 Å². The van der Waals surface area contributed by atoms with Gasteiger partial charge >= 0.3 is 0 Å². The summed E-state index contributed by atoms with van der Waals surface area (Å²) in [7, 11) is 0. The second-order valence-electron chi connectivity index (χ2n) is 4.76. The molecule has 0 unspecified atom stereocenters. The molecule has 0 atom stereocenters. The van der Waals surface area contributed by atoms with Crippen LogP contribution < -0.4 is 0 Å². The number of aryl methyl sites for hydroxylation is 1. The number of benzene rings is 1. The van der Waals surface area contributed by atoms with Crippen molar-refractivity contribution in [3.05, 3.63) is 47.4 Å².